The van der Waals surface area contributed by atoms with E-state index in [1.165, 1.54) is 0 Å². The van der Waals surface area contributed by atoms with Crippen molar-refractivity contribution in [2.45, 2.75) is 18.3 Å². The van der Waals surface area contributed by atoms with Crippen LogP contribution in [0, 0.1) is 6.92 Å². The lowest BCUT2D eigenvalue weighted by atomic mass is 10.2. The van der Waals surface area contributed by atoms with Gasteiger partial charge < -0.3 is 5.32 Å². The van der Waals surface area contributed by atoms with E-state index in [9.17, 15) is 18.0 Å². The molecular formula is C16H11BrClF3N4OS. The van der Waals surface area contributed by atoms with E-state index in [0.29, 0.717) is 5.69 Å². The quantitative estimate of drug-likeness (QED) is 0.522. The maximum atomic E-state index is 13.0. The standard InChI is InChI=1S/C16H11BrClF3N4OS/c1-8-4-10(17)2-3-12(8)22-13(26)7-27-15-24-23-14-11(18)5-9(6-25(14)15)16(19,20)21/h2-6H,7H2,1H3,(H,22,26). The SMILES string of the molecule is Cc1cc(Br)ccc1NC(=O)CSc1nnc2c(Cl)cc(C(F)(F)F)cn12. The van der Waals surface area contributed by atoms with Crippen LogP contribution < -0.4 is 5.32 Å². The van der Waals surface area contributed by atoms with Gasteiger partial charge in [0.2, 0.25) is 5.91 Å². The Balaban J connectivity index is 1.76. The molecule has 1 amide bonds. The number of aryl methyl sites for hydroxylation is 1. The zero-order chi connectivity index (χ0) is 19.8. The van der Waals surface area contributed by atoms with Crippen LogP contribution in [0.2, 0.25) is 5.02 Å². The molecule has 0 radical (unpaired) electrons. The fraction of sp³-hybridized carbons (Fsp3) is 0.188. The summed E-state index contributed by atoms with van der Waals surface area (Å²) in [6.45, 7) is 1.85. The van der Waals surface area contributed by atoms with Gasteiger partial charge in [0, 0.05) is 16.4 Å². The van der Waals surface area contributed by atoms with Gasteiger partial charge in [0.25, 0.3) is 0 Å². The van der Waals surface area contributed by atoms with E-state index in [4.69, 9.17) is 11.6 Å². The molecule has 0 bridgehead atoms. The van der Waals surface area contributed by atoms with Crippen LogP contribution in [0.5, 0.6) is 0 Å². The molecule has 5 nitrogen and oxygen atoms in total. The number of aromatic nitrogens is 3. The number of hydrogen-bond acceptors (Lipinski definition) is 4. The molecular weight excluding hydrogens is 469 g/mol. The molecule has 2 aromatic heterocycles. The van der Waals surface area contributed by atoms with Crippen molar-refractivity contribution in [1.82, 2.24) is 14.6 Å². The molecule has 3 rings (SSSR count). The Labute approximate surface area is 169 Å². The molecule has 0 unspecified atom stereocenters. The van der Waals surface area contributed by atoms with E-state index < -0.39 is 11.7 Å². The maximum Gasteiger partial charge on any atom is 0.417 e. The number of amides is 1. The van der Waals surface area contributed by atoms with Gasteiger partial charge in [0.1, 0.15) is 0 Å². The molecule has 0 aliphatic heterocycles. The molecule has 0 saturated heterocycles. The summed E-state index contributed by atoms with van der Waals surface area (Å²) in [7, 11) is 0. The van der Waals surface area contributed by atoms with E-state index in [2.05, 4.69) is 31.4 Å². The van der Waals surface area contributed by atoms with Crippen LogP contribution in [-0.2, 0) is 11.0 Å². The first-order valence-corrected chi connectivity index (χ1v) is 9.61. The molecule has 3 aromatic rings. The summed E-state index contributed by atoms with van der Waals surface area (Å²) in [5.74, 6) is -0.371. The van der Waals surface area contributed by atoms with E-state index in [-0.39, 0.29) is 27.5 Å². The average molecular weight is 480 g/mol. The molecule has 0 spiro atoms. The number of carbonyl (C=O) groups excluding carboxylic acids is 1. The highest BCUT2D eigenvalue weighted by Crippen LogP contribution is 2.33. The predicted molar refractivity (Wildman–Crippen MR) is 101 cm³/mol. The van der Waals surface area contributed by atoms with E-state index in [1.54, 1.807) is 12.1 Å². The summed E-state index contributed by atoms with van der Waals surface area (Å²) >= 11 is 10.2. The third-order valence-electron chi connectivity index (χ3n) is 3.55. The summed E-state index contributed by atoms with van der Waals surface area (Å²) in [5.41, 5.74) is 0.697. The van der Waals surface area contributed by atoms with Crippen LogP contribution >= 0.6 is 39.3 Å². The monoisotopic (exact) mass is 478 g/mol. The van der Waals surface area contributed by atoms with Crippen LogP contribution in [0.3, 0.4) is 0 Å². The molecule has 142 valence electrons. The maximum absolute atomic E-state index is 13.0. The highest BCUT2D eigenvalue weighted by atomic mass is 79.9. The Morgan fingerprint density at radius 1 is 1.33 bits per heavy atom. The molecule has 1 aromatic carbocycles. The first-order chi connectivity index (χ1) is 12.6. The molecule has 0 aliphatic carbocycles. The molecule has 0 atom stereocenters. The van der Waals surface area contributed by atoms with Crippen molar-refractivity contribution in [1.29, 1.82) is 0 Å². The zero-order valence-corrected chi connectivity index (χ0v) is 16.8. The normalized spacial score (nSPS) is 11.8. The molecule has 1 N–H and O–H groups in total. The minimum Gasteiger partial charge on any atom is -0.325 e. The van der Waals surface area contributed by atoms with E-state index >= 15 is 0 Å². The van der Waals surface area contributed by atoms with Gasteiger partial charge in [0.15, 0.2) is 10.8 Å². The lowest BCUT2D eigenvalue weighted by Crippen LogP contribution is -2.15. The minimum atomic E-state index is -4.56. The Hall–Kier alpha value is -1.78. The number of hydrogen-bond donors (Lipinski definition) is 1. The van der Waals surface area contributed by atoms with Gasteiger partial charge in [-0.05, 0) is 36.8 Å². The van der Waals surface area contributed by atoms with Gasteiger partial charge in [-0.2, -0.15) is 13.2 Å². The summed E-state index contributed by atoms with van der Waals surface area (Å²) in [5, 5.41) is 10.3. The molecule has 11 heteroatoms. The van der Waals surface area contributed by atoms with Crippen LogP contribution in [0.25, 0.3) is 5.65 Å². The Morgan fingerprint density at radius 3 is 2.74 bits per heavy atom. The summed E-state index contributed by atoms with van der Waals surface area (Å²) in [6, 6.07) is 6.20. The third kappa shape index (κ3) is 4.56. The largest absolute Gasteiger partial charge is 0.417 e. The number of carbonyl (C=O) groups is 1. The fourth-order valence-corrected chi connectivity index (χ4v) is 3.70. The second-order valence-electron chi connectivity index (χ2n) is 5.55. The average Bonchev–Trinajstić information content (AvgIpc) is 2.98. The number of halogens is 5. The predicted octanol–water partition coefficient (Wildman–Crippen LogP) is 5.20. The first-order valence-electron chi connectivity index (χ1n) is 7.45. The number of nitrogens with zero attached hydrogens (tertiary/aromatic N) is 3. The molecule has 0 saturated carbocycles. The topological polar surface area (TPSA) is 59.3 Å². The van der Waals surface area contributed by atoms with Gasteiger partial charge in [-0.3, -0.25) is 9.20 Å². The Bertz CT molecular complexity index is 1020. The molecule has 0 fully saturated rings. The van der Waals surface area contributed by atoms with Gasteiger partial charge in [-0.25, -0.2) is 0 Å². The van der Waals surface area contributed by atoms with Crippen LogP contribution in [-0.4, -0.2) is 26.3 Å². The number of anilines is 1. The number of rotatable bonds is 4. The van der Waals surface area contributed by atoms with Crippen LogP contribution in [0.4, 0.5) is 18.9 Å². The smallest absolute Gasteiger partial charge is 0.325 e. The van der Waals surface area contributed by atoms with Crippen LogP contribution in [0.15, 0.2) is 40.1 Å². The Kier molecular flexibility index (Phi) is 5.68. The highest BCUT2D eigenvalue weighted by Gasteiger charge is 2.32. The number of fused-ring (bicyclic) bond motifs is 1. The van der Waals surface area contributed by atoms with E-state index in [0.717, 1.165) is 38.5 Å². The van der Waals surface area contributed by atoms with Crippen molar-refractivity contribution >= 4 is 56.5 Å². The van der Waals surface area contributed by atoms with Gasteiger partial charge in [0.05, 0.1) is 16.3 Å². The number of nitrogens with one attached hydrogen (secondary N) is 1. The zero-order valence-electron chi connectivity index (χ0n) is 13.6. The highest BCUT2D eigenvalue weighted by molar-refractivity contribution is 9.10. The van der Waals surface area contributed by atoms with Crippen molar-refractivity contribution in [2.75, 3.05) is 11.1 Å². The lowest BCUT2D eigenvalue weighted by Gasteiger charge is -2.09. The van der Waals surface area contributed by atoms with Crippen molar-refractivity contribution in [3.8, 4) is 0 Å². The molecule has 2 heterocycles. The summed E-state index contributed by atoms with van der Waals surface area (Å²) < 4.78 is 40.9. The second kappa shape index (κ2) is 7.69. The van der Waals surface area contributed by atoms with Gasteiger partial charge >= 0.3 is 6.18 Å². The van der Waals surface area contributed by atoms with Gasteiger partial charge in [-0.15, -0.1) is 10.2 Å². The fourth-order valence-electron chi connectivity index (χ4n) is 2.27. The van der Waals surface area contributed by atoms with Crippen LogP contribution in [0.1, 0.15) is 11.1 Å². The number of alkyl halides is 3. The second-order valence-corrected chi connectivity index (χ2v) is 7.81. The van der Waals surface area contributed by atoms with Crippen molar-refractivity contribution in [2.24, 2.45) is 0 Å². The molecule has 0 aliphatic rings. The van der Waals surface area contributed by atoms with Crippen molar-refractivity contribution in [3.63, 3.8) is 0 Å². The number of thioether (sulfide) groups is 1. The first kappa shape index (κ1) is 20.0. The summed E-state index contributed by atoms with van der Waals surface area (Å²) in [6.07, 6.45) is -3.69. The van der Waals surface area contributed by atoms with Crippen molar-refractivity contribution < 1.29 is 18.0 Å². The third-order valence-corrected chi connectivity index (χ3v) is 5.27. The molecule has 27 heavy (non-hydrogen) atoms. The van der Waals surface area contributed by atoms with E-state index in [1.807, 2.05) is 13.0 Å². The Morgan fingerprint density at radius 2 is 2.07 bits per heavy atom. The van der Waals surface area contributed by atoms with Crippen molar-refractivity contribution in [3.05, 3.63) is 51.1 Å². The number of pyridine rings is 1. The van der Waals surface area contributed by atoms with Gasteiger partial charge in [-0.1, -0.05) is 39.3 Å². The minimum absolute atomic E-state index is 0.0514. The summed E-state index contributed by atoms with van der Waals surface area (Å²) in [4.78, 5) is 12.2. The number of benzene rings is 1. The lowest BCUT2D eigenvalue weighted by molar-refractivity contribution is -0.137.